The lowest BCUT2D eigenvalue weighted by molar-refractivity contribution is -0.143. The van der Waals surface area contributed by atoms with Crippen LogP contribution in [0.2, 0.25) is 0 Å². The Kier molecular flexibility index (Phi) is 10.7. The van der Waals surface area contributed by atoms with Crippen LogP contribution in [0.1, 0.15) is 66.8 Å². The predicted molar refractivity (Wildman–Crippen MR) is 151 cm³/mol. The van der Waals surface area contributed by atoms with Crippen LogP contribution in [0.4, 0.5) is 51.3 Å². The second-order valence-corrected chi connectivity index (χ2v) is 11.5. The second kappa shape index (κ2) is 14.0. The molecule has 0 bridgehead atoms. The fraction of sp³-hybridized carbons (Fsp3) is 0.586. The van der Waals surface area contributed by atoms with Gasteiger partial charge in [-0.3, -0.25) is 0 Å². The number of aryl methyl sites for hydroxylation is 1. The van der Waals surface area contributed by atoms with Crippen molar-refractivity contribution in [3.63, 3.8) is 0 Å². The van der Waals surface area contributed by atoms with Crippen LogP contribution in [0.15, 0.2) is 30.5 Å². The van der Waals surface area contributed by atoms with E-state index in [1.807, 2.05) is 0 Å². The molecule has 0 aliphatic heterocycles. The molecule has 17 heteroatoms. The Hall–Kier alpha value is -3.63. The van der Waals surface area contributed by atoms with Gasteiger partial charge in [0.25, 0.3) is 5.95 Å². The predicted octanol–water partition coefficient (Wildman–Crippen LogP) is 6.85. The topological polar surface area (TPSA) is 89.0 Å². The molecule has 0 unspecified atom stereocenters. The van der Waals surface area contributed by atoms with Crippen LogP contribution >= 0.6 is 0 Å². The standard InChI is InChI=1S/C29H35F9N8/c1-3-45(15-19-6-4-18(5-7-19)8-10-39)25-23(24(9-11-40-25)29(36,37)38)17-46(26-41-43-44(2)42-26)16-20-12-21(27(30,31)32)14-22(13-20)28(33,34)35/h9,11-14,18-19H,3-8,10,15-17,39H2,1-2H3. The van der Waals surface area contributed by atoms with E-state index >= 15 is 0 Å². The Bertz CT molecular complexity index is 1410. The lowest BCUT2D eigenvalue weighted by atomic mass is 9.80. The van der Waals surface area contributed by atoms with Gasteiger partial charge in [-0.25, -0.2) is 4.98 Å². The van der Waals surface area contributed by atoms with Gasteiger partial charge in [0.15, 0.2) is 0 Å². The monoisotopic (exact) mass is 666 g/mol. The molecule has 1 fully saturated rings. The Morgan fingerprint density at radius 1 is 0.848 bits per heavy atom. The lowest BCUT2D eigenvalue weighted by Gasteiger charge is -2.34. The van der Waals surface area contributed by atoms with Gasteiger partial charge in [0, 0.05) is 31.4 Å². The summed E-state index contributed by atoms with van der Waals surface area (Å²) < 4.78 is 125. The molecule has 2 N–H and O–H groups in total. The van der Waals surface area contributed by atoms with Crippen LogP contribution in [0.3, 0.4) is 0 Å². The summed E-state index contributed by atoms with van der Waals surface area (Å²) in [5.41, 5.74) is 0.763. The Morgan fingerprint density at radius 3 is 1.96 bits per heavy atom. The van der Waals surface area contributed by atoms with Crippen molar-refractivity contribution in [2.75, 3.05) is 29.4 Å². The van der Waals surface area contributed by atoms with Gasteiger partial charge in [-0.2, -0.15) is 44.3 Å². The number of hydrogen-bond donors (Lipinski definition) is 1. The molecule has 8 nitrogen and oxygen atoms in total. The molecule has 2 aromatic heterocycles. The number of benzene rings is 1. The van der Waals surface area contributed by atoms with Gasteiger partial charge in [-0.05, 0) is 79.6 Å². The van der Waals surface area contributed by atoms with Crippen molar-refractivity contribution >= 4 is 11.8 Å². The fourth-order valence-electron chi connectivity index (χ4n) is 5.91. The van der Waals surface area contributed by atoms with Gasteiger partial charge in [0.05, 0.1) is 30.3 Å². The van der Waals surface area contributed by atoms with E-state index in [4.69, 9.17) is 5.73 Å². The summed E-state index contributed by atoms with van der Waals surface area (Å²) >= 11 is 0. The number of pyridine rings is 1. The highest BCUT2D eigenvalue weighted by Crippen LogP contribution is 2.40. The summed E-state index contributed by atoms with van der Waals surface area (Å²) in [4.78, 5) is 8.07. The van der Waals surface area contributed by atoms with Crippen molar-refractivity contribution in [2.45, 2.75) is 70.6 Å². The molecule has 2 heterocycles. The smallest absolute Gasteiger partial charge is 0.356 e. The van der Waals surface area contributed by atoms with Crippen LogP contribution in [-0.4, -0.2) is 44.8 Å². The number of aromatic nitrogens is 5. The van der Waals surface area contributed by atoms with Gasteiger partial charge >= 0.3 is 18.5 Å². The second-order valence-electron chi connectivity index (χ2n) is 11.5. The van der Waals surface area contributed by atoms with Crippen molar-refractivity contribution in [1.82, 2.24) is 25.2 Å². The normalized spacial score (nSPS) is 17.7. The van der Waals surface area contributed by atoms with E-state index in [1.54, 1.807) is 11.8 Å². The molecular formula is C29H35F9N8. The number of hydrogen-bond acceptors (Lipinski definition) is 7. The molecule has 0 atom stereocenters. The first-order chi connectivity index (χ1) is 21.5. The Morgan fingerprint density at radius 2 is 1.46 bits per heavy atom. The summed E-state index contributed by atoms with van der Waals surface area (Å²) in [5, 5.41) is 11.5. The van der Waals surface area contributed by atoms with E-state index in [2.05, 4.69) is 20.4 Å². The zero-order valence-electron chi connectivity index (χ0n) is 25.2. The molecule has 46 heavy (non-hydrogen) atoms. The van der Waals surface area contributed by atoms with Crippen molar-refractivity contribution in [2.24, 2.45) is 24.6 Å². The van der Waals surface area contributed by atoms with E-state index in [9.17, 15) is 39.5 Å². The van der Waals surface area contributed by atoms with Gasteiger partial charge in [0.1, 0.15) is 5.82 Å². The van der Waals surface area contributed by atoms with Crippen LogP contribution in [0.25, 0.3) is 0 Å². The van der Waals surface area contributed by atoms with Crippen molar-refractivity contribution < 1.29 is 39.5 Å². The number of rotatable bonds is 11. The van der Waals surface area contributed by atoms with E-state index in [1.165, 1.54) is 7.05 Å². The third-order valence-electron chi connectivity index (χ3n) is 8.19. The van der Waals surface area contributed by atoms with Crippen molar-refractivity contribution in [3.05, 3.63) is 58.3 Å². The summed E-state index contributed by atoms with van der Waals surface area (Å²) in [6, 6.07) is 1.82. The van der Waals surface area contributed by atoms with Gasteiger partial charge < -0.3 is 15.5 Å². The average molecular weight is 667 g/mol. The number of nitrogens with zero attached hydrogens (tertiary/aromatic N) is 7. The SMILES string of the molecule is CCN(CC1CCC(CCN)CC1)c1nccc(C(F)(F)F)c1CN(Cc1cc(C(F)(F)F)cc(C(F)(F)F)c1)c1nnn(C)n1. The van der Waals surface area contributed by atoms with E-state index < -0.39 is 53.9 Å². The first-order valence-electron chi connectivity index (χ1n) is 14.8. The van der Waals surface area contributed by atoms with E-state index in [0.29, 0.717) is 37.7 Å². The number of halogens is 9. The summed E-state index contributed by atoms with van der Waals surface area (Å²) in [6.45, 7) is 1.75. The highest BCUT2D eigenvalue weighted by molar-refractivity contribution is 5.54. The third kappa shape index (κ3) is 8.79. The van der Waals surface area contributed by atoms with Crippen molar-refractivity contribution in [3.8, 4) is 0 Å². The molecule has 254 valence electrons. The minimum Gasteiger partial charge on any atom is -0.356 e. The first-order valence-corrected chi connectivity index (χ1v) is 14.8. The quantitative estimate of drug-likeness (QED) is 0.224. The van der Waals surface area contributed by atoms with E-state index in [-0.39, 0.29) is 29.3 Å². The zero-order valence-corrected chi connectivity index (χ0v) is 25.2. The molecule has 0 spiro atoms. The van der Waals surface area contributed by atoms with Crippen molar-refractivity contribution in [1.29, 1.82) is 0 Å². The molecule has 1 aromatic carbocycles. The van der Waals surface area contributed by atoms with Crippen LogP contribution in [0, 0.1) is 11.8 Å². The first kappa shape index (κ1) is 35.2. The van der Waals surface area contributed by atoms with Gasteiger partial charge in [0.2, 0.25) is 0 Å². The number of nitrogens with two attached hydrogens (primary N) is 1. The summed E-state index contributed by atoms with van der Waals surface area (Å²) in [6.07, 6.45) is -9.51. The largest absolute Gasteiger partial charge is 0.416 e. The zero-order chi connectivity index (χ0) is 33.9. The summed E-state index contributed by atoms with van der Waals surface area (Å²) in [5.74, 6) is 0.398. The Balaban J connectivity index is 1.76. The molecule has 3 aromatic rings. The number of alkyl halides is 9. The minimum atomic E-state index is -5.11. The number of tetrazole rings is 1. The minimum absolute atomic E-state index is 0.00956. The van der Waals surface area contributed by atoms with Gasteiger partial charge in [-0.15, -0.1) is 5.10 Å². The van der Waals surface area contributed by atoms with Crippen LogP contribution in [-0.2, 0) is 38.7 Å². The molecule has 0 saturated heterocycles. The average Bonchev–Trinajstić information content (AvgIpc) is 3.41. The molecule has 1 aliphatic carbocycles. The fourth-order valence-corrected chi connectivity index (χ4v) is 5.91. The highest BCUT2D eigenvalue weighted by atomic mass is 19.4. The lowest BCUT2D eigenvalue weighted by Crippen LogP contribution is -2.35. The van der Waals surface area contributed by atoms with Crippen LogP contribution in [0.5, 0.6) is 0 Å². The number of anilines is 2. The molecular weight excluding hydrogens is 631 g/mol. The molecule has 0 amide bonds. The Labute approximate surface area is 259 Å². The molecule has 1 saturated carbocycles. The maximum Gasteiger partial charge on any atom is 0.416 e. The summed E-state index contributed by atoms with van der Waals surface area (Å²) in [7, 11) is 1.36. The van der Waals surface area contributed by atoms with E-state index in [0.717, 1.165) is 54.1 Å². The highest BCUT2D eigenvalue weighted by Gasteiger charge is 2.39. The maximum atomic E-state index is 14.4. The maximum absolute atomic E-state index is 14.4. The van der Waals surface area contributed by atoms with Crippen LogP contribution < -0.4 is 15.5 Å². The van der Waals surface area contributed by atoms with Gasteiger partial charge in [-0.1, -0.05) is 17.9 Å². The molecule has 0 radical (unpaired) electrons. The molecule has 4 rings (SSSR count). The third-order valence-corrected chi connectivity index (χ3v) is 8.19. The molecule has 1 aliphatic rings.